The highest BCUT2D eigenvalue weighted by Gasteiger charge is 1.98. The van der Waals surface area contributed by atoms with Crippen LogP contribution in [0.25, 0.3) is 0 Å². The summed E-state index contributed by atoms with van der Waals surface area (Å²) in [4.78, 5) is 0. The van der Waals surface area contributed by atoms with E-state index in [9.17, 15) is 4.39 Å². The van der Waals surface area contributed by atoms with Gasteiger partial charge < -0.3 is 0 Å². The third-order valence-corrected chi connectivity index (χ3v) is 0.713. The lowest BCUT2D eigenvalue weighted by atomic mass is 10.4. The predicted octanol–water partition coefficient (Wildman–Crippen LogP) is 0.420. The number of rotatable bonds is 0. The van der Waals surface area contributed by atoms with Crippen LogP contribution in [0.15, 0.2) is 6.20 Å². The second-order valence-corrected chi connectivity index (χ2v) is 1.21. The zero-order chi connectivity index (χ0) is 5.98. The van der Waals surface area contributed by atoms with Crippen molar-refractivity contribution in [2.75, 3.05) is 0 Å². The largest absolute Gasteiger partial charge is 0.252 e. The molecule has 0 atom stereocenters. The summed E-state index contributed by atoms with van der Waals surface area (Å²) in [6, 6.07) is 1.61. The minimum absolute atomic E-state index is 0.0509. The van der Waals surface area contributed by atoms with Crippen LogP contribution in [0, 0.1) is 17.3 Å². The fourth-order valence-electron chi connectivity index (χ4n) is 0.348. The lowest BCUT2D eigenvalue weighted by Gasteiger charge is -1.71. The molecule has 0 aliphatic rings. The zero-order valence-electron chi connectivity index (χ0n) is 3.85. The SMILES string of the molecule is N#Cc1cn[nH]c1F. The van der Waals surface area contributed by atoms with Gasteiger partial charge >= 0.3 is 0 Å². The van der Waals surface area contributed by atoms with Gasteiger partial charge in [0.15, 0.2) is 0 Å². The van der Waals surface area contributed by atoms with Crippen LogP contribution in [0.5, 0.6) is 0 Å². The minimum atomic E-state index is -0.674. The first kappa shape index (κ1) is 4.78. The third-order valence-electron chi connectivity index (χ3n) is 0.713. The molecule has 1 aromatic heterocycles. The van der Waals surface area contributed by atoms with Gasteiger partial charge in [-0.25, -0.2) is 0 Å². The van der Waals surface area contributed by atoms with Crippen LogP contribution in [0.4, 0.5) is 4.39 Å². The molecule has 0 aliphatic carbocycles. The lowest BCUT2D eigenvalue weighted by molar-refractivity contribution is 0.576. The molecule has 40 valence electrons. The van der Waals surface area contributed by atoms with Gasteiger partial charge in [0.1, 0.15) is 11.6 Å². The summed E-state index contributed by atoms with van der Waals surface area (Å²) >= 11 is 0. The molecule has 3 nitrogen and oxygen atoms in total. The van der Waals surface area contributed by atoms with E-state index in [1.165, 1.54) is 0 Å². The van der Waals surface area contributed by atoms with Crippen LogP contribution in [0.2, 0.25) is 0 Å². The Balaban J connectivity index is 3.15. The fraction of sp³-hybridized carbons (Fsp3) is 0. The summed E-state index contributed by atoms with van der Waals surface area (Å²) in [6.07, 6.45) is 1.13. The highest BCUT2D eigenvalue weighted by atomic mass is 19.1. The van der Waals surface area contributed by atoms with Crippen molar-refractivity contribution in [2.24, 2.45) is 0 Å². The van der Waals surface area contributed by atoms with Crippen LogP contribution >= 0.6 is 0 Å². The molecule has 0 saturated carbocycles. The van der Waals surface area contributed by atoms with Crippen molar-refractivity contribution in [1.82, 2.24) is 10.2 Å². The third kappa shape index (κ3) is 0.540. The summed E-state index contributed by atoms with van der Waals surface area (Å²) in [5, 5.41) is 13.3. The molecule has 0 amide bonds. The first-order valence-electron chi connectivity index (χ1n) is 1.93. The van der Waals surface area contributed by atoms with E-state index in [2.05, 4.69) is 5.10 Å². The van der Waals surface area contributed by atoms with Crippen molar-refractivity contribution in [3.8, 4) is 6.07 Å². The van der Waals surface area contributed by atoms with E-state index < -0.39 is 5.95 Å². The molecule has 0 radical (unpaired) electrons. The second-order valence-electron chi connectivity index (χ2n) is 1.21. The summed E-state index contributed by atoms with van der Waals surface area (Å²) in [5.41, 5.74) is -0.0509. The number of halogens is 1. The van der Waals surface area contributed by atoms with Gasteiger partial charge in [-0.15, -0.1) is 0 Å². The van der Waals surface area contributed by atoms with Gasteiger partial charge in [-0.05, 0) is 0 Å². The number of H-pyrrole nitrogens is 1. The van der Waals surface area contributed by atoms with Gasteiger partial charge in [-0.1, -0.05) is 0 Å². The molecule has 0 saturated heterocycles. The van der Waals surface area contributed by atoms with E-state index in [0.29, 0.717) is 0 Å². The van der Waals surface area contributed by atoms with Gasteiger partial charge in [-0.2, -0.15) is 14.8 Å². The Morgan fingerprint density at radius 3 is 2.88 bits per heavy atom. The Morgan fingerprint density at radius 1 is 1.88 bits per heavy atom. The molecule has 0 bridgehead atoms. The maximum Gasteiger partial charge on any atom is 0.226 e. The fourth-order valence-corrected chi connectivity index (χ4v) is 0.348. The molecule has 0 aromatic carbocycles. The van der Waals surface area contributed by atoms with Gasteiger partial charge in [0.25, 0.3) is 0 Å². The number of nitrogens with one attached hydrogen (secondary N) is 1. The van der Waals surface area contributed by atoms with Crippen LogP contribution in [-0.4, -0.2) is 10.2 Å². The van der Waals surface area contributed by atoms with E-state index in [1.54, 1.807) is 6.07 Å². The van der Waals surface area contributed by atoms with Crippen molar-refractivity contribution < 1.29 is 4.39 Å². The van der Waals surface area contributed by atoms with Gasteiger partial charge in [0.2, 0.25) is 5.95 Å². The molecule has 1 heterocycles. The molecule has 8 heavy (non-hydrogen) atoms. The Labute approximate surface area is 44.8 Å². The lowest BCUT2D eigenvalue weighted by Crippen LogP contribution is -1.74. The molecular formula is C4H2FN3. The Bertz CT molecular complexity index is 221. The Morgan fingerprint density at radius 2 is 2.62 bits per heavy atom. The van der Waals surface area contributed by atoms with Gasteiger partial charge in [0, 0.05) is 0 Å². The summed E-state index contributed by atoms with van der Waals surface area (Å²) in [7, 11) is 0. The maximum atomic E-state index is 12.0. The number of aromatic nitrogens is 2. The number of hydrogen-bond donors (Lipinski definition) is 1. The van der Waals surface area contributed by atoms with Crippen LogP contribution < -0.4 is 0 Å². The number of hydrogen-bond acceptors (Lipinski definition) is 2. The van der Waals surface area contributed by atoms with Crippen LogP contribution in [0.3, 0.4) is 0 Å². The molecule has 1 N–H and O–H groups in total. The van der Waals surface area contributed by atoms with Gasteiger partial charge in [-0.3, -0.25) is 5.10 Å². The van der Waals surface area contributed by atoms with Crippen molar-refractivity contribution >= 4 is 0 Å². The Kier molecular flexibility index (Phi) is 0.968. The quantitative estimate of drug-likeness (QED) is 0.527. The van der Waals surface area contributed by atoms with Gasteiger partial charge in [0.05, 0.1) is 6.20 Å². The number of aromatic amines is 1. The summed E-state index contributed by atoms with van der Waals surface area (Å²) in [5.74, 6) is -0.674. The standard InChI is InChI=1S/C4H2FN3/c5-4-3(1-6)2-7-8-4/h2H,(H,7,8). The van der Waals surface area contributed by atoms with Crippen LogP contribution in [0.1, 0.15) is 5.56 Å². The average Bonchev–Trinajstić information content (AvgIpc) is 2.14. The maximum absolute atomic E-state index is 12.0. The second kappa shape index (κ2) is 1.62. The van der Waals surface area contributed by atoms with Crippen LogP contribution in [-0.2, 0) is 0 Å². The summed E-state index contributed by atoms with van der Waals surface area (Å²) < 4.78 is 12.0. The molecule has 0 fully saturated rings. The molecule has 4 heteroatoms. The molecule has 0 spiro atoms. The first-order valence-corrected chi connectivity index (χ1v) is 1.93. The van der Waals surface area contributed by atoms with E-state index in [1.807, 2.05) is 5.10 Å². The zero-order valence-corrected chi connectivity index (χ0v) is 3.85. The van der Waals surface area contributed by atoms with E-state index in [4.69, 9.17) is 5.26 Å². The molecule has 1 aromatic rings. The first-order chi connectivity index (χ1) is 3.84. The van der Waals surface area contributed by atoms with Crippen molar-refractivity contribution in [1.29, 1.82) is 5.26 Å². The number of nitrogens with zero attached hydrogens (tertiary/aromatic N) is 2. The van der Waals surface area contributed by atoms with E-state index in [-0.39, 0.29) is 5.56 Å². The van der Waals surface area contributed by atoms with Crippen molar-refractivity contribution in [3.63, 3.8) is 0 Å². The monoisotopic (exact) mass is 111 g/mol. The highest BCUT2D eigenvalue weighted by Crippen LogP contribution is 1.96. The van der Waals surface area contributed by atoms with E-state index >= 15 is 0 Å². The van der Waals surface area contributed by atoms with Crippen molar-refractivity contribution in [3.05, 3.63) is 17.7 Å². The van der Waals surface area contributed by atoms with Crippen molar-refractivity contribution in [2.45, 2.75) is 0 Å². The number of nitriles is 1. The molecule has 0 unspecified atom stereocenters. The summed E-state index contributed by atoms with van der Waals surface area (Å²) in [6.45, 7) is 0. The average molecular weight is 111 g/mol. The molecular weight excluding hydrogens is 109 g/mol. The smallest absolute Gasteiger partial charge is 0.226 e. The van der Waals surface area contributed by atoms with E-state index in [0.717, 1.165) is 6.20 Å². The normalized spacial score (nSPS) is 8.50. The topological polar surface area (TPSA) is 52.5 Å². The molecule has 0 aliphatic heterocycles. The minimum Gasteiger partial charge on any atom is -0.252 e. The highest BCUT2D eigenvalue weighted by molar-refractivity contribution is 5.22. The predicted molar refractivity (Wildman–Crippen MR) is 23.3 cm³/mol. The molecule has 1 rings (SSSR count). The Hall–Kier alpha value is -1.37.